The Morgan fingerprint density at radius 1 is 1.11 bits per heavy atom. The maximum atomic E-state index is 12.9. The second-order valence-electron chi connectivity index (χ2n) is 5.33. The molecule has 0 amide bonds. The highest BCUT2D eigenvalue weighted by Gasteiger charge is 2.35. The molecule has 2 rings (SSSR count). The molecule has 6 heteroatoms. The van der Waals surface area contributed by atoms with Gasteiger partial charge >= 0.3 is 6.18 Å². The zero-order valence-corrected chi connectivity index (χ0v) is 10.6. The van der Waals surface area contributed by atoms with E-state index in [1.165, 1.54) is 0 Å². The Kier molecular flexibility index (Phi) is 2.64. The van der Waals surface area contributed by atoms with Crippen LogP contribution in [-0.4, -0.2) is 14.6 Å². The lowest BCUT2D eigenvalue weighted by Crippen LogP contribution is -2.15. The molecule has 0 spiro atoms. The SMILES string of the molecule is Cc1cc(C(F)(F)F)n2nc(C(C)(C)C)cc2n1. The van der Waals surface area contributed by atoms with Crippen molar-refractivity contribution >= 4 is 5.65 Å². The lowest BCUT2D eigenvalue weighted by molar-refractivity contribution is -0.142. The molecule has 0 saturated carbocycles. The van der Waals surface area contributed by atoms with Crippen LogP contribution >= 0.6 is 0 Å². The molecule has 0 aliphatic carbocycles. The topological polar surface area (TPSA) is 30.2 Å². The van der Waals surface area contributed by atoms with Crippen LogP contribution in [0.4, 0.5) is 13.2 Å². The largest absolute Gasteiger partial charge is 0.433 e. The molecule has 0 fully saturated rings. The van der Waals surface area contributed by atoms with Gasteiger partial charge in [0.25, 0.3) is 0 Å². The van der Waals surface area contributed by atoms with Gasteiger partial charge in [-0.25, -0.2) is 9.50 Å². The lowest BCUT2D eigenvalue weighted by atomic mass is 9.93. The first-order chi connectivity index (χ1) is 8.09. The van der Waals surface area contributed by atoms with Crippen LogP contribution in [0, 0.1) is 6.92 Å². The van der Waals surface area contributed by atoms with E-state index in [4.69, 9.17) is 0 Å². The number of nitrogens with zero attached hydrogens (tertiary/aromatic N) is 3. The van der Waals surface area contributed by atoms with Gasteiger partial charge < -0.3 is 0 Å². The molecule has 2 heterocycles. The van der Waals surface area contributed by atoms with Crippen molar-refractivity contribution in [3.63, 3.8) is 0 Å². The summed E-state index contributed by atoms with van der Waals surface area (Å²) in [7, 11) is 0. The van der Waals surface area contributed by atoms with Crippen molar-refractivity contribution in [1.29, 1.82) is 0 Å². The molecule has 0 bridgehead atoms. The number of rotatable bonds is 0. The van der Waals surface area contributed by atoms with Gasteiger partial charge in [-0.3, -0.25) is 0 Å². The third-order valence-electron chi connectivity index (χ3n) is 2.61. The van der Waals surface area contributed by atoms with E-state index < -0.39 is 11.9 Å². The maximum absolute atomic E-state index is 12.9. The molecule has 0 atom stereocenters. The number of hydrogen-bond donors (Lipinski definition) is 0. The second kappa shape index (κ2) is 3.70. The van der Waals surface area contributed by atoms with Gasteiger partial charge in [0.15, 0.2) is 5.65 Å². The smallest absolute Gasteiger partial charge is 0.234 e. The zero-order valence-electron chi connectivity index (χ0n) is 10.6. The highest BCUT2D eigenvalue weighted by molar-refractivity contribution is 5.43. The molecular weight excluding hydrogens is 243 g/mol. The van der Waals surface area contributed by atoms with Crippen LogP contribution in [0.25, 0.3) is 5.65 Å². The number of aromatic nitrogens is 3. The van der Waals surface area contributed by atoms with Gasteiger partial charge in [-0.2, -0.15) is 18.3 Å². The average Bonchev–Trinajstić information content (AvgIpc) is 2.57. The third kappa shape index (κ3) is 2.19. The van der Waals surface area contributed by atoms with Crippen LogP contribution in [0.3, 0.4) is 0 Å². The Morgan fingerprint density at radius 2 is 1.72 bits per heavy atom. The molecule has 0 radical (unpaired) electrons. The predicted molar refractivity (Wildman–Crippen MR) is 61.4 cm³/mol. The average molecular weight is 257 g/mol. The van der Waals surface area contributed by atoms with Crippen LogP contribution in [0.15, 0.2) is 12.1 Å². The van der Waals surface area contributed by atoms with Crippen LogP contribution in [-0.2, 0) is 11.6 Å². The van der Waals surface area contributed by atoms with Crippen molar-refractivity contribution in [2.75, 3.05) is 0 Å². The van der Waals surface area contributed by atoms with E-state index >= 15 is 0 Å². The van der Waals surface area contributed by atoms with Crippen LogP contribution in [0.1, 0.15) is 37.9 Å². The van der Waals surface area contributed by atoms with Gasteiger partial charge in [0, 0.05) is 17.2 Å². The summed E-state index contributed by atoms with van der Waals surface area (Å²) in [5.41, 5.74) is 0.0406. The van der Waals surface area contributed by atoms with Crippen molar-refractivity contribution < 1.29 is 13.2 Å². The maximum Gasteiger partial charge on any atom is 0.433 e. The first-order valence-corrected chi connectivity index (χ1v) is 5.54. The van der Waals surface area contributed by atoms with E-state index in [1.54, 1.807) is 13.0 Å². The van der Waals surface area contributed by atoms with Crippen molar-refractivity contribution in [1.82, 2.24) is 14.6 Å². The Labute approximate surface area is 103 Å². The summed E-state index contributed by atoms with van der Waals surface area (Å²) in [6.45, 7) is 7.23. The van der Waals surface area contributed by atoms with Crippen molar-refractivity contribution in [2.45, 2.75) is 39.3 Å². The number of aryl methyl sites for hydroxylation is 1. The minimum Gasteiger partial charge on any atom is -0.234 e. The number of fused-ring (bicyclic) bond motifs is 1. The first-order valence-electron chi connectivity index (χ1n) is 5.54. The quantitative estimate of drug-likeness (QED) is 0.724. The Balaban J connectivity index is 2.76. The third-order valence-corrected chi connectivity index (χ3v) is 2.61. The number of hydrogen-bond acceptors (Lipinski definition) is 2. The number of alkyl halides is 3. The molecule has 0 unspecified atom stereocenters. The highest BCUT2D eigenvalue weighted by Crippen LogP contribution is 2.31. The van der Waals surface area contributed by atoms with E-state index in [-0.39, 0.29) is 11.1 Å². The van der Waals surface area contributed by atoms with E-state index in [0.717, 1.165) is 10.6 Å². The van der Waals surface area contributed by atoms with Gasteiger partial charge in [-0.05, 0) is 13.0 Å². The van der Waals surface area contributed by atoms with Crippen LogP contribution in [0.5, 0.6) is 0 Å². The summed E-state index contributed by atoms with van der Waals surface area (Å²) < 4.78 is 39.6. The standard InChI is InChI=1S/C12H14F3N3/c1-7-5-9(12(13,14)15)18-10(16-7)6-8(17-18)11(2,3)4/h5-6H,1-4H3. The molecule has 0 aliphatic rings. The molecular formula is C12H14F3N3. The molecule has 0 aromatic carbocycles. The van der Waals surface area contributed by atoms with Crippen molar-refractivity contribution in [2.24, 2.45) is 0 Å². The molecule has 0 N–H and O–H groups in total. The van der Waals surface area contributed by atoms with Crippen molar-refractivity contribution in [3.8, 4) is 0 Å². The monoisotopic (exact) mass is 257 g/mol. The summed E-state index contributed by atoms with van der Waals surface area (Å²) >= 11 is 0. The van der Waals surface area contributed by atoms with Crippen molar-refractivity contribution in [3.05, 3.63) is 29.2 Å². The normalized spacial score (nSPS) is 13.3. The van der Waals surface area contributed by atoms with Gasteiger partial charge in [0.05, 0.1) is 5.69 Å². The summed E-state index contributed by atoms with van der Waals surface area (Å²) in [6, 6.07) is 2.61. The molecule has 2 aromatic rings. The second-order valence-corrected chi connectivity index (χ2v) is 5.33. The summed E-state index contributed by atoms with van der Waals surface area (Å²) in [6.07, 6.45) is -4.44. The summed E-state index contributed by atoms with van der Waals surface area (Å²) in [5, 5.41) is 4.03. The predicted octanol–water partition coefficient (Wildman–Crippen LogP) is 3.35. The van der Waals surface area contributed by atoms with E-state index in [9.17, 15) is 13.2 Å². The number of halogens is 3. The van der Waals surface area contributed by atoms with Crippen LogP contribution in [0.2, 0.25) is 0 Å². The van der Waals surface area contributed by atoms with Gasteiger partial charge in [0.2, 0.25) is 0 Å². The van der Waals surface area contributed by atoms with E-state index in [2.05, 4.69) is 10.1 Å². The molecule has 2 aromatic heterocycles. The Hall–Kier alpha value is -1.59. The van der Waals surface area contributed by atoms with Gasteiger partial charge in [-0.15, -0.1) is 0 Å². The zero-order chi connectivity index (χ0) is 13.7. The molecule has 0 saturated heterocycles. The Bertz CT molecular complexity index is 591. The lowest BCUT2D eigenvalue weighted by Gasteiger charge is -2.14. The highest BCUT2D eigenvalue weighted by atomic mass is 19.4. The van der Waals surface area contributed by atoms with E-state index in [1.807, 2.05) is 20.8 Å². The minimum absolute atomic E-state index is 0.229. The fraction of sp³-hybridized carbons (Fsp3) is 0.500. The summed E-state index contributed by atoms with van der Waals surface area (Å²) in [5.74, 6) is 0. The summed E-state index contributed by atoms with van der Waals surface area (Å²) in [4.78, 5) is 4.08. The molecule has 18 heavy (non-hydrogen) atoms. The molecule has 98 valence electrons. The van der Waals surface area contributed by atoms with E-state index in [0.29, 0.717) is 11.4 Å². The Morgan fingerprint density at radius 3 is 2.22 bits per heavy atom. The molecule has 3 nitrogen and oxygen atoms in total. The minimum atomic E-state index is -4.44. The van der Waals surface area contributed by atoms with Crippen LogP contribution < -0.4 is 0 Å². The van der Waals surface area contributed by atoms with Gasteiger partial charge in [0.1, 0.15) is 5.69 Å². The fourth-order valence-electron chi connectivity index (χ4n) is 1.67. The van der Waals surface area contributed by atoms with Gasteiger partial charge in [-0.1, -0.05) is 20.8 Å². The molecule has 0 aliphatic heterocycles. The first kappa shape index (κ1) is 12.9. The fourth-order valence-corrected chi connectivity index (χ4v) is 1.67.